The lowest BCUT2D eigenvalue weighted by Gasteiger charge is -2.08. The molecule has 0 saturated carbocycles. The van der Waals surface area contributed by atoms with Gasteiger partial charge in [0.25, 0.3) is 5.91 Å². The topological polar surface area (TPSA) is 72.9 Å². The lowest BCUT2D eigenvalue weighted by molar-refractivity contribution is 0.0943. The summed E-state index contributed by atoms with van der Waals surface area (Å²) in [5.74, 6) is 2.81. The number of amides is 1. The van der Waals surface area contributed by atoms with E-state index in [0.717, 1.165) is 18.0 Å². The highest BCUT2D eigenvalue weighted by atomic mass is 32.2. The standard InChI is InChI=1S/C15H18N4OS/c16-12-2-1-3-13(8-12)19-6-4-14(18-19)15(20)17-9-11-5-7-21-10-11/h1-4,6,8,11H,5,7,9-10,16H2,(H,17,20). The van der Waals surface area contributed by atoms with Gasteiger partial charge >= 0.3 is 0 Å². The Morgan fingerprint density at radius 3 is 3.14 bits per heavy atom. The normalized spacial score (nSPS) is 17.8. The summed E-state index contributed by atoms with van der Waals surface area (Å²) in [6, 6.07) is 9.14. The minimum atomic E-state index is -0.116. The zero-order valence-electron chi connectivity index (χ0n) is 11.7. The average molecular weight is 302 g/mol. The highest BCUT2D eigenvalue weighted by Crippen LogP contribution is 2.22. The number of hydrogen-bond acceptors (Lipinski definition) is 4. The number of thioether (sulfide) groups is 1. The molecule has 1 fully saturated rings. The van der Waals surface area contributed by atoms with Crippen LogP contribution in [0.2, 0.25) is 0 Å². The fourth-order valence-corrected chi connectivity index (χ4v) is 3.61. The number of benzene rings is 1. The molecule has 1 atom stereocenters. The van der Waals surface area contributed by atoms with Crippen molar-refractivity contribution < 1.29 is 4.79 Å². The smallest absolute Gasteiger partial charge is 0.271 e. The second-order valence-corrected chi connectivity index (χ2v) is 6.33. The van der Waals surface area contributed by atoms with E-state index in [2.05, 4.69) is 10.4 Å². The molecule has 5 nitrogen and oxygen atoms in total. The highest BCUT2D eigenvalue weighted by molar-refractivity contribution is 7.99. The maximum Gasteiger partial charge on any atom is 0.271 e. The van der Waals surface area contributed by atoms with Gasteiger partial charge in [0.15, 0.2) is 5.69 Å². The molecule has 3 N–H and O–H groups in total. The first-order chi connectivity index (χ1) is 10.2. The molecule has 1 aromatic heterocycles. The zero-order valence-corrected chi connectivity index (χ0v) is 12.5. The number of rotatable bonds is 4. The maximum absolute atomic E-state index is 12.1. The van der Waals surface area contributed by atoms with Crippen LogP contribution in [0.1, 0.15) is 16.9 Å². The predicted octanol–water partition coefficient (Wildman–Crippen LogP) is 1.94. The molecular formula is C15H18N4OS. The molecule has 0 spiro atoms. The van der Waals surface area contributed by atoms with E-state index < -0.39 is 0 Å². The van der Waals surface area contributed by atoms with Gasteiger partial charge in [-0.25, -0.2) is 4.68 Å². The minimum absolute atomic E-state index is 0.116. The van der Waals surface area contributed by atoms with E-state index in [4.69, 9.17) is 5.73 Å². The monoisotopic (exact) mass is 302 g/mol. The number of nitrogens with two attached hydrogens (primary N) is 1. The molecule has 1 saturated heterocycles. The Morgan fingerprint density at radius 2 is 2.38 bits per heavy atom. The molecule has 3 rings (SSSR count). The summed E-state index contributed by atoms with van der Waals surface area (Å²) in [5, 5.41) is 7.27. The van der Waals surface area contributed by atoms with Crippen molar-refractivity contribution in [1.29, 1.82) is 0 Å². The van der Waals surface area contributed by atoms with Crippen molar-refractivity contribution in [3.8, 4) is 5.69 Å². The van der Waals surface area contributed by atoms with Crippen molar-refractivity contribution in [2.24, 2.45) is 5.92 Å². The first-order valence-electron chi connectivity index (χ1n) is 7.00. The molecule has 6 heteroatoms. The van der Waals surface area contributed by atoms with Crippen molar-refractivity contribution >= 4 is 23.4 Å². The van der Waals surface area contributed by atoms with E-state index in [-0.39, 0.29) is 5.91 Å². The predicted molar refractivity (Wildman–Crippen MR) is 85.7 cm³/mol. The van der Waals surface area contributed by atoms with Crippen molar-refractivity contribution in [2.45, 2.75) is 6.42 Å². The number of hydrogen-bond donors (Lipinski definition) is 2. The van der Waals surface area contributed by atoms with Gasteiger partial charge in [0, 0.05) is 18.4 Å². The Balaban J connectivity index is 1.65. The van der Waals surface area contributed by atoms with E-state index in [1.54, 1.807) is 16.9 Å². The van der Waals surface area contributed by atoms with Gasteiger partial charge in [0.2, 0.25) is 0 Å². The third-order valence-corrected chi connectivity index (χ3v) is 4.76. The Hall–Kier alpha value is -1.95. The van der Waals surface area contributed by atoms with Crippen LogP contribution in [0.25, 0.3) is 5.69 Å². The summed E-state index contributed by atoms with van der Waals surface area (Å²) >= 11 is 1.95. The zero-order chi connectivity index (χ0) is 14.7. The van der Waals surface area contributed by atoms with Crippen molar-refractivity contribution in [1.82, 2.24) is 15.1 Å². The van der Waals surface area contributed by atoms with Crippen LogP contribution in [0.15, 0.2) is 36.5 Å². The van der Waals surface area contributed by atoms with Gasteiger partial charge in [-0.05, 0) is 48.1 Å². The highest BCUT2D eigenvalue weighted by Gasteiger charge is 2.17. The Labute approximate surface area is 127 Å². The molecule has 1 aliphatic heterocycles. The number of nitrogens with zero attached hydrogens (tertiary/aromatic N) is 2. The number of carbonyl (C=O) groups excluding carboxylic acids is 1. The third-order valence-electron chi connectivity index (χ3n) is 3.53. The molecule has 1 amide bonds. The van der Waals surface area contributed by atoms with Gasteiger partial charge < -0.3 is 11.1 Å². The molecule has 2 heterocycles. The fraction of sp³-hybridized carbons (Fsp3) is 0.333. The largest absolute Gasteiger partial charge is 0.399 e. The fourth-order valence-electron chi connectivity index (χ4n) is 2.33. The van der Waals surface area contributed by atoms with E-state index in [0.29, 0.717) is 17.3 Å². The van der Waals surface area contributed by atoms with Gasteiger partial charge in [-0.1, -0.05) is 6.07 Å². The molecule has 1 aromatic carbocycles. The molecule has 0 bridgehead atoms. The molecule has 0 radical (unpaired) electrons. The van der Waals surface area contributed by atoms with Crippen molar-refractivity contribution in [2.75, 3.05) is 23.8 Å². The Bertz CT molecular complexity index is 634. The summed E-state index contributed by atoms with van der Waals surface area (Å²) in [4.78, 5) is 12.1. The summed E-state index contributed by atoms with van der Waals surface area (Å²) < 4.78 is 1.66. The molecule has 110 valence electrons. The van der Waals surface area contributed by atoms with Crippen LogP contribution in [0, 0.1) is 5.92 Å². The lowest BCUT2D eigenvalue weighted by Crippen LogP contribution is -2.29. The van der Waals surface area contributed by atoms with Crippen LogP contribution in [0.4, 0.5) is 5.69 Å². The number of nitrogens with one attached hydrogen (secondary N) is 1. The second kappa shape index (κ2) is 6.22. The van der Waals surface area contributed by atoms with Crippen LogP contribution in [-0.4, -0.2) is 33.7 Å². The van der Waals surface area contributed by atoms with Crippen LogP contribution in [-0.2, 0) is 0 Å². The number of anilines is 1. The van der Waals surface area contributed by atoms with E-state index in [1.165, 1.54) is 12.2 Å². The average Bonchev–Trinajstić information content (AvgIpc) is 3.16. The van der Waals surface area contributed by atoms with Crippen molar-refractivity contribution in [3.63, 3.8) is 0 Å². The van der Waals surface area contributed by atoms with Crippen LogP contribution in [0.3, 0.4) is 0 Å². The number of carbonyl (C=O) groups is 1. The van der Waals surface area contributed by atoms with Crippen LogP contribution >= 0.6 is 11.8 Å². The Kier molecular flexibility index (Phi) is 4.15. The summed E-state index contributed by atoms with van der Waals surface area (Å²) in [5.41, 5.74) is 7.71. The molecule has 2 aromatic rings. The molecule has 0 aliphatic carbocycles. The Morgan fingerprint density at radius 1 is 1.48 bits per heavy atom. The summed E-state index contributed by atoms with van der Waals surface area (Å²) in [6.45, 7) is 0.733. The minimum Gasteiger partial charge on any atom is -0.399 e. The third kappa shape index (κ3) is 3.39. The van der Waals surface area contributed by atoms with E-state index >= 15 is 0 Å². The molecule has 1 aliphatic rings. The maximum atomic E-state index is 12.1. The molecule has 21 heavy (non-hydrogen) atoms. The number of aromatic nitrogens is 2. The summed E-state index contributed by atoms with van der Waals surface area (Å²) in [7, 11) is 0. The first kappa shape index (κ1) is 14.0. The lowest BCUT2D eigenvalue weighted by atomic mass is 10.1. The van der Waals surface area contributed by atoms with Gasteiger partial charge in [0.05, 0.1) is 5.69 Å². The van der Waals surface area contributed by atoms with Gasteiger partial charge in [-0.15, -0.1) is 0 Å². The first-order valence-corrected chi connectivity index (χ1v) is 8.15. The van der Waals surface area contributed by atoms with Crippen LogP contribution in [0.5, 0.6) is 0 Å². The molecule has 1 unspecified atom stereocenters. The SMILES string of the molecule is Nc1cccc(-n2ccc(C(=O)NCC3CCSC3)n2)c1. The quantitative estimate of drug-likeness (QED) is 0.847. The van der Waals surface area contributed by atoms with Crippen molar-refractivity contribution in [3.05, 3.63) is 42.2 Å². The van der Waals surface area contributed by atoms with Crippen LogP contribution < -0.4 is 11.1 Å². The van der Waals surface area contributed by atoms with Gasteiger partial charge in [0.1, 0.15) is 0 Å². The van der Waals surface area contributed by atoms with E-state index in [1.807, 2.05) is 36.0 Å². The van der Waals surface area contributed by atoms with Gasteiger partial charge in [-0.3, -0.25) is 4.79 Å². The second-order valence-electron chi connectivity index (χ2n) is 5.18. The van der Waals surface area contributed by atoms with Gasteiger partial charge in [-0.2, -0.15) is 16.9 Å². The molecular weight excluding hydrogens is 284 g/mol. The number of nitrogen functional groups attached to an aromatic ring is 1. The van der Waals surface area contributed by atoms with E-state index in [9.17, 15) is 4.79 Å². The summed E-state index contributed by atoms with van der Waals surface area (Å²) in [6.07, 6.45) is 2.96.